The van der Waals surface area contributed by atoms with Gasteiger partial charge in [-0.1, -0.05) is 15.9 Å². The average molecular weight is 303 g/mol. The number of carbonyl (C=O) groups is 1. The molecule has 0 aliphatic carbocycles. The molecule has 0 saturated carbocycles. The van der Waals surface area contributed by atoms with Crippen molar-refractivity contribution in [3.05, 3.63) is 34.1 Å². The average Bonchev–Trinajstić information content (AvgIpc) is 2.18. The summed E-state index contributed by atoms with van der Waals surface area (Å²) in [6.07, 6.45) is 0. The van der Waals surface area contributed by atoms with Crippen LogP contribution in [0.2, 0.25) is 0 Å². The molecule has 0 aliphatic heterocycles. The van der Waals surface area contributed by atoms with Crippen molar-refractivity contribution in [3.8, 4) is 0 Å². The van der Waals surface area contributed by atoms with Crippen molar-refractivity contribution in [2.24, 2.45) is 0 Å². The van der Waals surface area contributed by atoms with Gasteiger partial charge >= 0.3 is 5.97 Å². The lowest BCUT2D eigenvalue weighted by Gasteiger charge is -2.22. The zero-order valence-electron chi connectivity index (χ0n) is 10.4. The second-order valence-electron chi connectivity index (χ2n) is 4.92. The number of rotatable bonds is 2. The van der Waals surface area contributed by atoms with E-state index in [0.29, 0.717) is 5.56 Å². The van der Waals surface area contributed by atoms with Crippen LogP contribution in [0.4, 0.5) is 4.39 Å². The summed E-state index contributed by atoms with van der Waals surface area (Å²) >= 11 is 3.26. The molecule has 1 unspecified atom stereocenters. The van der Waals surface area contributed by atoms with Crippen LogP contribution in [-0.2, 0) is 9.53 Å². The summed E-state index contributed by atoms with van der Waals surface area (Å²) in [6, 6.07) is 4.53. The van der Waals surface area contributed by atoms with E-state index >= 15 is 0 Å². The minimum atomic E-state index is -0.619. The molecular weight excluding hydrogens is 287 g/mol. The minimum Gasteiger partial charge on any atom is -0.460 e. The molecule has 0 aromatic heterocycles. The van der Waals surface area contributed by atoms with E-state index in [1.165, 1.54) is 6.07 Å². The lowest BCUT2D eigenvalue weighted by atomic mass is 10.0. The number of hydrogen-bond donors (Lipinski definition) is 0. The van der Waals surface area contributed by atoms with Gasteiger partial charge in [0.2, 0.25) is 0 Å². The topological polar surface area (TPSA) is 26.3 Å². The molecule has 1 aromatic carbocycles. The van der Waals surface area contributed by atoms with E-state index in [1.807, 2.05) is 0 Å². The Balaban J connectivity index is 2.92. The first kappa shape index (κ1) is 14.2. The maximum Gasteiger partial charge on any atom is 0.313 e. The summed E-state index contributed by atoms with van der Waals surface area (Å²) < 4.78 is 19.6. The molecule has 0 radical (unpaired) electrons. The molecule has 0 fully saturated rings. The van der Waals surface area contributed by atoms with Gasteiger partial charge in [-0.2, -0.15) is 0 Å². The predicted molar refractivity (Wildman–Crippen MR) is 68.4 cm³/mol. The fraction of sp³-hybridized carbons (Fsp3) is 0.462. The summed E-state index contributed by atoms with van der Waals surface area (Å²) in [5.74, 6) is -1.44. The summed E-state index contributed by atoms with van der Waals surface area (Å²) in [4.78, 5) is 11.8. The van der Waals surface area contributed by atoms with Crippen molar-refractivity contribution in [2.75, 3.05) is 0 Å². The Kier molecular flexibility index (Phi) is 4.31. The fourth-order valence-electron chi connectivity index (χ4n) is 1.36. The van der Waals surface area contributed by atoms with E-state index in [4.69, 9.17) is 4.74 Å². The zero-order valence-corrected chi connectivity index (χ0v) is 12.0. The van der Waals surface area contributed by atoms with Crippen LogP contribution in [0.3, 0.4) is 0 Å². The van der Waals surface area contributed by atoms with Crippen LogP contribution in [0.25, 0.3) is 0 Å². The van der Waals surface area contributed by atoms with Crippen molar-refractivity contribution in [1.82, 2.24) is 0 Å². The van der Waals surface area contributed by atoms with Crippen molar-refractivity contribution in [2.45, 2.75) is 39.2 Å². The van der Waals surface area contributed by atoms with Gasteiger partial charge in [-0.3, -0.25) is 4.79 Å². The summed E-state index contributed by atoms with van der Waals surface area (Å²) in [5.41, 5.74) is -0.220. The molecule has 1 atom stereocenters. The van der Waals surface area contributed by atoms with Gasteiger partial charge in [0.05, 0.1) is 5.92 Å². The lowest BCUT2D eigenvalue weighted by Crippen LogP contribution is -2.27. The Bertz CT molecular complexity index is 424. The van der Waals surface area contributed by atoms with Crippen molar-refractivity contribution in [3.63, 3.8) is 0 Å². The first-order valence-electron chi connectivity index (χ1n) is 5.38. The van der Waals surface area contributed by atoms with E-state index in [0.717, 1.165) is 4.47 Å². The van der Waals surface area contributed by atoms with Crippen molar-refractivity contribution >= 4 is 21.9 Å². The van der Waals surface area contributed by atoms with Gasteiger partial charge in [-0.25, -0.2) is 4.39 Å². The monoisotopic (exact) mass is 302 g/mol. The van der Waals surface area contributed by atoms with E-state index in [-0.39, 0.29) is 0 Å². The van der Waals surface area contributed by atoms with E-state index in [1.54, 1.807) is 39.8 Å². The molecule has 0 aliphatic rings. The first-order chi connectivity index (χ1) is 7.70. The Labute approximate surface area is 109 Å². The van der Waals surface area contributed by atoms with Crippen LogP contribution in [0.5, 0.6) is 0 Å². The maximum absolute atomic E-state index is 13.6. The molecule has 0 bridgehead atoms. The molecule has 94 valence electrons. The minimum absolute atomic E-state index is 0.341. The lowest BCUT2D eigenvalue weighted by molar-refractivity contribution is -0.156. The number of halogens is 2. The van der Waals surface area contributed by atoms with Gasteiger partial charge in [-0.05, 0) is 45.9 Å². The van der Waals surface area contributed by atoms with Crippen LogP contribution in [0, 0.1) is 5.82 Å². The number of benzene rings is 1. The Hall–Kier alpha value is -0.900. The van der Waals surface area contributed by atoms with Gasteiger partial charge in [-0.15, -0.1) is 0 Å². The Morgan fingerprint density at radius 3 is 2.53 bits per heavy atom. The normalized spacial score (nSPS) is 13.3. The number of esters is 1. The summed E-state index contributed by atoms with van der Waals surface area (Å²) in [6.45, 7) is 7.00. The number of hydrogen-bond acceptors (Lipinski definition) is 2. The largest absolute Gasteiger partial charge is 0.460 e. The van der Waals surface area contributed by atoms with E-state index in [2.05, 4.69) is 15.9 Å². The van der Waals surface area contributed by atoms with Gasteiger partial charge in [0.15, 0.2) is 0 Å². The van der Waals surface area contributed by atoms with Crippen LogP contribution in [0.15, 0.2) is 22.7 Å². The quantitative estimate of drug-likeness (QED) is 0.771. The highest BCUT2D eigenvalue weighted by molar-refractivity contribution is 9.10. The molecule has 0 spiro atoms. The number of carbonyl (C=O) groups excluding carboxylic acids is 1. The highest BCUT2D eigenvalue weighted by atomic mass is 79.9. The van der Waals surface area contributed by atoms with E-state index in [9.17, 15) is 9.18 Å². The third-order valence-electron chi connectivity index (χ3n) is 2.18. The molecule has 0 amide bonds. The Morgan fingerprint density at radius 1 is 1.41 bits per heavy atom. The van der Waals surface area contributed by atoms with Crippen LogP contribution in [-0.4, -0.2) is 11.6 Å². The second kappa shape index (κ2) is 5.17. The van der Waals surface area contributed by atoms with Gasteiger partial charge in [0.25, 0.3) is 0 Å². The molecule has 2 nitrogen and oxygen atoms in total. The standard InChI is InChI=1S/C13H16BrFO2/c1-8(12(16)17-13(2,3)4)10-7-9(14)5-6-11(10)15/h5-8H,1-4H3. The summed E-state index contributed by atoms with van der Waals surface area (Å²) in [5, 5.41) is 0. The van der Waals surface area contributed by atoms with Crippen LogP contribution >= 0.6 is 15.9 Å². The van der Waals surface area contributed by atoms with Gasteiger partial charge in [0.1, 0.15) is 11.4 Å². The molecule has 0 heterocycles. The predicted octanol–water partition coefficient (Wildman–Crippen LogP) is 4.03. The third kappa shape index (κ3) is 4.11. The fourth-order valence-corrected chi connectivity index (χ4v) is 1.74. The smallest absolute Gasteiger partial charge is 0.313 e. The van der Waals surface area contributed by atoms with Crippen molar-refractivity contribution in [1.29, 1.82) is 0 Å². The zero-order chi connectivity index (χ0) is 13.2. The molecule has 0 saturated heterocycles. The molecule has 0 N–H and O–H groups in total. The third-order valence-corrected chi connectivity index (χ3v) is 2.68. The maximum atomic E-state index is 13.6. The van der Waals surface area contributed by atoms with Gasteiger partial charge in [0, 0.05) is 10.0 Å². The van der Waals surface area contributed by atoms with E-state index < -0.39 is 23.3 Å². The second-order valence-corrected chi connectivity index (χ2v) is 5.84. The molecule has 1 aromatic rings. The van der Waals surface area contributed by atoms with Crippen LogP contribution < -0.4 is 0 Å². The molecule has 1 rings (SSSR count). The highest BCUT2D eigenvalue weighted by Gasteiger charge is 2.25. The number of ether oxygens (including phenoxy) is 1. The Morgan fingerprint density at radius 2 is 2.00 bits per heavy atom. The van der Waals surface area contributed by atoms with Crippen molar-refractivity contribution < 1.29 is 13.9 Å². The molecule has 17 heavy (non-hydrogen) atoms. The summed E-state index contributed by atoms with van der Waals surface area (Å²) in [7, 11) is 0. The molecule has 4 heteroatoms. The van der Waals surface area contributed by atoms with Crippen LogP contribution in [0.1, 0.15) is 39.2 Å². The highest BCUT2D eigenvalue weighted by Crippen LogP contribution is 2.25. The SMILES string of the molecule is CC(C(=O)OC(C)(C)C)c1cc(Br)ccc1F. The van der Waals surface area contributed by atoms with Gasteiger partial charge < -0.3 is 4.74 Å². The molecular formula is C13H16BrFO2. The first-order valence-corrected chi connectivity index (χ1v) is 6.18.